The van der Waals surface area contributed by atoms with Crippen LogP contribution in [0.15, 0.2) is 52.5 Å². The summed E-state index contributed by atoms with van der Waals surface area (Å²) in [5.41, 5.74) is 1.78. The van der Waals surface area contributed by atoms with Crippen molar-refractivity contribution in [1.82, 2.24) is 15.1 Å². The van der Waals surface area contributed by atoms with Gasteiger partial charge in [-0.15, -0.1) is 0 Å². The van der Waals surface area contributed by atoms with Gasteiger partial charge in [-0.25, -0.2) is 4.99 Å². The van der Waals surface area contributed by atoms with Crippen LogP contribution in [0.5, 0.6) is 0 Å². The van der Waals surface area contributed by atoms with Gasteiger partial charge in [0, 0.05) is 17.6 Å². The van der Waals surface area contributed by atoms with Gasteiger partial charge in [-0.1, -0.05) is 36.4 Å². The number of benzene rings is 1. The highest BCUT2D eigenvalue weighted by atomic mass is 35.5. The lowest BCUT2D eigenvalue weighted by Gasteiger charge is -2.12. The Bertz CT molecular complexity index is 1100. The SMILES string of the molecule is C=C1C(=O)N=C(n2nc(C)cc2NC(=O)C(=O)NCc2ccccc2Cl)N=C1C. The maximum atomic E-state index is 12.3. The molecule has 0 atom stereocenters. The molecule has 148 valence electrons. The summed E-state index contributed by atoms with van der Waals surface area (Å²) in [6.45, 7) is 7.00. The third-order valence-corrected chi connectivity index (χ3v) is 4.40. The number of rotatable bonds is 3. The molecular weight excluding hydrogens is 396 g/mol. The Labute approximate surface area is 171 Å². The molecule has 3 rings (SSSR count). The van der Waals surface area contributed by atoms with Crippen LogP contribution in [0.4, 0.5) is 5.82 Å². The first kappa shape index (κ1) is 20.2. The van der Waals surface area contributed by atoms with Crippen molar-refractivity contribution < 1.29 is 14.4 Å². The number of carbonyl (C=O) groups excluding carboxylic acids is 3. The van der Waals surface area contributed by atoms with Crippen molar-refractivity contribution in [3.63, 3.8) is 0 Å². The molecule has 2 N–H and O–H groups in total. The third-order valence-electron chi connectivity index (χ3n) is 4.03. The van der Waals surface area contributed by atoms with E-state index < -0.39 is 17.7 Å². The van der Waals surface area contributed by atoms with Gasteiger partial charge >= 0.3 is 11.8 Å². The summed E-state index contributed by atoms with van der Waals surface area (Å²) in [5.74, 6) is -2.19. The molecule has 29 heavy (non-hydrogen) atoms. The van der Waals surface area contributed by atoms with Gasteiger partial charge < -0.3 is 10.6 Å². The molecule has 3 amide bonds. The van der Waals surface area contributed by atoms with E-state index in [1.807, 2.05) is 0 Å². The van der Waals surface area contributed by atoms with Crippen LogP contribution in [0.1, 0.15) is 18.2 Å². The highest BCUT2D eigenvalue weighted by Crippen LogP contribution is 2.16. The number of amides is 3. The topological polar surface area (TPSA) is 118 Å². The Morgan fingerprint density at radius 1 is 1.17 bits per heavy atom. The molecule has 0 fully saturated rings. The highest BCUT2D eigenvalue weighted by Gasteiger charge is 2.23. The fraction of sp³-hybridized carbons (Fsp3) is 0.158. The second-order valence-corrected chi connectivity index (χ2v) is 6.61. The van der Waals surface area contributed by atoms with Gasteiger partial charge in [0.2, 0.25) is 0 Å². The first-order chi connectivity index (χ1) is 13.8. The molecule has 0 bridgehead atoms. The summed E-state index contributed by atoms with van der Waals surface area (Å²) >= 11 is 6.04. The summed E-state index contributed by atoms with van der Waals surface area (Å²) in [6, 6.07) is 8.50. The van der Waals surface area contributed by atoms with Crippen molar-refractivity contribution in [1.29, 1.82) is 0 Å². The lowest BCUT2D eigenvalue weighted by molar-refractivity contribution is -0.136. The van der Waals surface area contributed by atoms with Crippen molar-refractivity contribution in [2.24, 2.45) is 9.98 Å². The van der Waals surface area contributed by atoms with Crippen LogP contribution >= 0.6 is 11.6 Å². The number of anilines is 1. The number of nitrogens with one attached hydrogen (secondary N) is 2. The molecule has 10 heteroatoms. The van der Waals surface area contributed by atoms with Gasteiger partial charge in [-0.3, -0.25) is 14.4 Å². The first-order valence-electron chi connectivity index (χ1n) is 8.53. The molecular formula is C19H17ClN6O3. The molecule has 0 saturated heterocycles. The van der Waals surface area contributed by atoms with Gasteiger partial charge in [0.25, 0.3) is 11.9 Å². The second-order valence-electron chi connectivity index (χ2n) is 6.20. The quantitative estimate of drug-likeness (QED) is 0.590. The van der Waals surface area contributed by atoms with Crippen LogP contribution < -0.4 is 10.6 Å². The zero-order chi connectivity index (χ0) is 21.1. The maximum Gasteiger partial charge on any atom is 0.314 e. The predicted octanol–water partition coefficient (Wildman–Crippen LogP) is 1.86. The number of nitrogens with zero attached hydrogens (tertiary/aromatic N) is 4. The van der Waals surface area contributed by atoms with E-state index in [2.05, 4.69) is 32.3 Å². The zero-order valence-electron chi connectivity index (χ0n) is 15.7. The van der Waals surface area contributed by atoms with E-state index in [0.29, 0.717) is 22.0 Å². The fourth-order valence-electron chi connectivity index (χ4n) is 2.46. The van der Waals surface area contributed by atoms with Gasteiger partial charge in [0.05, 0.1) is 17.0 Å². The summed E-state index contributed by atoms with van der Waals surface area (Å²) in [7, 11) is 0. The Hall–Kier alpha value is -3.59. The van der Waals surface area contributed by atoms with Gasteiger partial charge in [-0.2, -0.15) is 14.8 Å². The van der Waals surface area contributed by atoms with E-state index in [4.69, 9.17) is 11.6 Å². The van der Waals surface area contributed by atoms with Gasteiger partial charge in [0.1, 0.15) is 5.82 Å². The number of hydrogen-bond donors (Lipinski definition) is 2. The lowest BCUT2D eigenvalue weighted by Crippen LogP contribution is -2.36. The maximum absolute atomic E-state index is 12.3. The van der Waals surface area contributed by atoms with E-state index in [9.17, 15) is 14.4 Å². The number of hydrogen-bond acceptors (Lipinski definition) is 5. The Balaban J connectivity index is 1.74. The number of aliphatic imine (C=N–C) groups is 2. The lowest BCUT2D eigenvalue weighted by atomic mass is 10.2. The molecule has 1 aliphatic heterocycles. The van der Waals surface area contributed by atoms with Crippen LogP contribution in [0.3, 0.4) is 0 Å². The van der Waals surface area contributed by atoms with Crippen LogP contribution in [0.2, 0.25) is 5.02 Å². The number of carbonyl (C=O) groups is 3. The molecule has 2 aromatic rings. The third kappa shape index (κ3) is 4.46. The number of halogens is 1. The normalized spacial score (nSPS) is 13.6. The van der Waals surface area contributed by atoms with Crippen LogP contribution in [0.25, 0.3) is 0 Å². The van der Waals surface area contributed by atoms with E-state index in [-0.39, 0.29) is 23.9 Å². The van der Waals surface area contributed by atoms with Crippen LogP contribution in [-0.2, 0) is 20.9 Å². The first-order valence-corrected chi connectivity index (χ1v) is 8.91. The molecule has 0 radical (unpaired) electrons. The highest BCUT2D eigenvalue weighted by molar-refractivity contribution is 6.39. The zero-order valence-corrected chi connectivity index (χ0v) is 16.4. The van der Waals surface area contributed by atoms with Crippen molar-refractivity contribution in [3.8, 4) is 0 Å². The Morgan fingerprint density at radius 3 is 2.59 bits per heavy atom. The molecule has 1 aromatic carbocycles. The summed E-state index contributed by atoms with van der Waals surface area (Å²) in [4.78, 5) is 44.4. The van der Waals surface area contributed by atoms with E-state index >= 15 is 0 Å². The van der Waals surface area contributed by atoms with E-state index in [0.717, 1.165) is 0 Å². The van der Waals surface area contributed by atoms with E-state index in [1.54, 1.807) is 38.1 Å². The van der Waals surface area contributed by atoms with Crippen LogP contribution in [0, 0.1) is 6.92 Å². The molecule has 9 nitrogen and oxygen atoms in total. The summed E-state index contributed by atoms with van der Waals surface area (Å²) in [6.07, 6.45) is 0. The monoisotopic (exact) mass is 412 g/mol. The molecule has 1 aliphatic rings. The Morgan fingerprint density at radius 2 is 1.90 bits per heavy atom. The van der Waals surface area contributed by atoms with Crippen molar-refractivity contribution in [2.45, 2.75) is 20.4 Å². The van der Waals surface area contributed by atoms with E-state index in [1.165, 1.54) is 10.7 Å². The molecule has 2 heterocycles. The van der Waals surface area contributed by atoms with Gasteiger partial charge in [0.15, 0.2) is 0 Å². The second kappa shape index (κ2) is 8.19. The fourth-order valence-corrected chi connectivity index (χ4v) is 2.66. The smallest absolute Gasteiger partial charge is 0.314 e. The number of aromatic nitrogens is 2. The molecule has 0 aliphatic carbocycles. The average molecular weight is 413 g/mol. The van der Waals surface area contributed by atoms with Crippen molar-refractivity contribution >= 4 is 46.8 Å². The average Bonchev–Trinajstić information content (AvgIpc) is 3.04. The minimum atomic E-state index is -0.911. The minimum absolute atomic E-state index is 0.0280. The minimum Gasteiger partial charge on any atom is -0.344 e. The van der Waals surface area contributed by atoms with Crippen molar-refractivity contribution in [2.75, 3.05) is 5.32 Å². The summed E-state index contributed by atoms with van der Waals surface area (Å²) in [5, 5.41) is 9.61. The molecule has 0 saturated carbocycles. The van der Waals surface area contributed by atoms with Crippen LogP contribution in [-0.4, -0.2) is 39.2 Å². The van der Waals surface area contributed by atoms with Gasteiger partial charge in [-0.05, 0) is 25.5 Å². The standard InChI is InChI=1S/C19H17ClN6O3/c1-10-8-15(26(25-10)19-22-12(3)11(2)16(27)24-19)23-18(29)17(28)21-9-13-6-4-5-7-14(13)20/h4-8H,2,9H2,1,3H3,(H,21,28)(H,23,29). The largest absolute Gasteiger partial charge is 0.344 e. The molecule has 1 aromatic heterocycles. The Kier molecular flexibility index (Phi) is 5.69. The number of aryl methyl sites for hydroxylation is 1. The molecule has 0 spiro atoms. The predicted molar refractivity (Wildman–Crippen MR) is 109 cm³/mol. The molecule has 0 unspecified atom stereocenters. The summed E-state index contributed by atoms with van der Waals surface area (Å²) < 4.78 is 1.18. The van der Waals surface area contributed by atoms with Crippen molar-refractivity contribution in [3.05, 3.63) is 58.8 Å².